The number of nitrogen functional groups attached to an aromatic ring is 1. The van der Waals surface area contributed by atoms with Gasteiger partial charge in [0.25, 0.3) is 0 Å². The van der Waals surface area contributed by atoms with Gasteiger partial charge in [0.2, 0.25) is 0 Å². The highest BCUT2D eigenvalue weighted by molar-refractivity contribution is 5.45. The van der Waals surface area contributed by atoms with E-state index in [1.165, 1.54) is 12.1 Å². The summed E-state index contributed by atoms with van der Waals surface area (Å²) in [6.45, 7) is 2.05. The highest BCUT2D eigenvalue weighted by Crippen LogP contribution is 2.12. The van der Waals surface area contributed by atoms with E-state index in [1.54, 1.807) is 18.2 Å². The highest BCUT2D eigenvalue weighted by atomic mass is 19.1. The van der Waals surface area contributed by atoms with Crippen LogP contribution in [0.4, 0.5) is 16.0 Å². The summed E-state index contributed by atoms with van der Waals surface area (Å²) in [6.07, 6.45) is 0.794. The number of anilines is 2. The molecule has 0 amide bonds. The number of nitrogens with zero attached hydrogens (tertiary/aromatic N) is 1. The first-order valence-electron chi connectivity index (χ1n) is 6.12. The molecule has 1 unspecified atom stereocenters. The first-order chi connectivity index (χ1) is 9.17. The minimum atomic E-state index is -0.215. The molecule has 0 spiro atoms. The van der Waals surface area contributed by atoms with Crippen molar-refractivity contribution in [3.05, 3.63) is 53.8 Å². The van der Waals surface area contributed by atoms with Gasteiger partial charge in [0, 0.05) is 6.04 Å². The van der Waals surface area contributed by atoms with Gasteiger partial charge in [0.1, 0.15) is 17.5 Å². The Morgan fingerprint density at radius 1 is 1.16 bits per heavy atom. The number of rotatable bonds is 5. The smallest absolute Gasteiger partial charge is 0.142 e. The van der Waals surface area contributed by atoms with Crippen LogP contribution in [-0.4, -0.2) is 11.0 Å². The Labute approximate surface area is 111 Å². The van der Waals surface area contributed by atoms with Crippen LogP contribution in [0.5, 0.6) is 0 Å². The van der Waals surface area contributed by atoms with Gasteiger partial charge in [-0.1, -0.05) is 18.2 Å². The molecule has 4 nitrogen and oxygen atoms in total. The number of aromatic nitrogens is 1. The van der Waals surface area contributed by atoms with E-state index < -0.39 is 0 Å². The van der Waals surface area contributed by atoms with Crippen LogP contribution in [-0.2, 0) is 6.42 Å². The molecule has 4 N–H and O–H groups in total. The second-order valence-corrected chi connectivity index (χ2v) is 4.43. The van der Waals surface area contributed by atoms with Gasteiger partial charge in [-0.25, -0.2) is 15.2 Å². The van der Waals surface area contributed by atoms with Gasteiger partial charge in [-0.05, 0) is 43.2 Å². The lowest BCUT2D eigenvalue weighted by Gasteiger charge is -2.15. The van der Waals surface area contributed by atoms with Crippen molar-refractivity contribution < 1.29 is 4.39 Å². The molecule has 0 aliphatic rings. The lowest BCUT2D eigenvalue weighted by molar-refractivity contribution is 0.626. The molecule has 0 aliphatic heterocycles. The standard InChI is InChI=1S/C14H17FN4/c1-10(9-11-5-7-12(15)8-6-11)17-13-3-2-4-14(18-13)19-16/h2-8,10H,9,16H2,1H3,(H2,17,18,19). The molecule has 1 aromatic carbocycles. The minimum Gasteiger partial charge on any atom is -0.367 e. The molecule has 1 atom stereocenters. The number of benzene rings is 1. The number of pyridine rings is 1. The molecule has 0 aliphatic carbocycles. The van der Waals surface area contributed by atoms with Crippen LogP contribution in [0.2, 0.25) is 0 Å². The second-order valence-electron chi connectivity index (χ2n) is 4.43. The normalized spacial score (nSPS) is 11.9. The van der Waals surface area contributed by atoms with E-state index in [-0.39, 0.29) is 11.9 Å². The maximum absolute atomic E-state index is 12.8. The maximum Gasteiger partial charge on any atom is 0.142 e. The van der Waals surface area contributed by atoms with Crippen molar-refractivity contribution in [3.8, 4) is 0 Å². The first-order valence-corrected chi connectivity index (χ1v) is 6.12. The molecule has 19 heavy (non-hydrogen) atoms. The third kappa shape index (κ3) is 3.93. The first kappa shape index (κ1) is 13.3. The molecule has 0 fully saturated rings. The van der Waals surface area contributed by atoms with Crippen LogP contribution in [0.3, 0.4) is 0 Å². The van der Waals surface area contributed by atoms with E-state index in [0.717, 1.165) is 17.8 Å². The van der Waals surface area contributed by atoms with Crippen LogP contribution in [0.1, 0.15) is 12.5 Å². The molecule has 0 radical (unpaired) electrons. The molecule has 2 rings (SSSR count). The third-order valence-corrected chi connectivity index (χ3v) is 2.75. The Morgan fingerprint density at radius 3 is 2.53 bits per heavy atom. The second kappa shape index (κ2) is 6.15. The van der Waals surface area contributed by atoms with E-state index in [4.69, 9.17) is 5.84 Å². The van der Waals surface area contributed by atoms with Crippen molar-refractivity contribution in [2.75, 3.05) is 10.7 Å². The van der Waals surface area contributed by atoms with Crippen molar-refractivity contribution in [2.45, 2.75) is 19.4 Å². The molecule has 100 valence electrons. The van der Waals surface area contributed by atoms with Gasteiger partial charge >= 0.3 is 0 Å². The Morgan fingerprint density at radius 2 is 1.84 bits per heavy atom. The molecule has 5 heteroatoms. The van der Waals surface area contributed by atoms with Crippen molar-refractivity contribution in [2.24, 2.45) is 5.84 Å². The van der Waals surface area contributed by atoms with Gasteiger partial charge in [-0.15, -0.1) is 0 Å². The predicted molar refractivity (Wildman–Crippen MR) is 75.2 cm³/mol. The van der Waals surface area contributed by atoms with Crippen molar-refractivity contribution in [1.82, 2.24) is 4.98 Å². The summed E-state index contributed by atoms with van der Waals surface area (Å²) < 4.78 is 12.8. The Hall–Kier alpha value is -2.14. The van der Waals surface area contributed by atoms with Crippen LogP contribution < -0.4 is 16.6 Å². The zero-order chi connectivity index (χ0) is 13.7. The number of nitrogens with two attached hydrogens (primary N) is 1. The van der Waals surface area contributed by atoms with Gasteiger partial charge in [-0.2, -0.15) is 0 Å². The van der Waals surface area contributed by atoms with Gasteiger partial charge < -0.3 is 10.7 Å². The summed E-state index contributed by atoms with van der Waals surface area (Å²) in [5.74, 6) is 6.46. The average molecular weight is 260 g/mol. The number of nitrogens with one attached hydrogen (secondary N) is 2. The van der Waals surface area contributed by atoms with E-state index in [0.29, 0.717) is 5.82 Å². The highest BCUT2D eigenvalue weighted by Gasteiger charge is 2.05. The molecule has 0 saturated heterocycles. The summed E-state index contributed by atoms with van der Waals surface area (Å²) in [4.78, 5) is 4.28. The summed E-state index contributed by atoms with van der Waals surface area (Å²) in [7, 11) is 0. The van der Waals surface area contributed by atoms with Crippen LogP contribution in [0, 0.1) is 5.82 Å². The van der Waals surface area contributed by atoms with Crippen molar-refractivity contribution in [1.29, 1.82) is 0 Å². The monoisotopic (exact) mass is 260 g/mol. The largest absolute Gasteiger partial charge is 0.367 e. The number of hydrogen-bond acceptors (Lipinski definition) is 4. The lowest BCUT2D eigenvalue weighted by atomic mass is 10.1. The SMILES string of the molecule is CC(Cc1ccc(F)cc1)Nc1cccc(NN)n1. The number of hydrazine groups is 1. The Balaban J connectivity index is 1.96. The molecule has 0 bridgehead atoms. The summed E-state index contributed by atoms with van der Waals surface area (Å²) in [6, 6.07) is 12.2. The van der Waals surface area contributed by atoms with Crippen LogP contribution in [0.25, 0.3) is 0 Å². The van der Waals surface area contributed by atoms with Gasteiger partial charge in [0.15, 0.2) is 0 Å². The topological polar surface area (TPSA) is 63.0 Å². The zero-order valence-electron chi connectivity index (χ0n) is 10.7. The molecule has 0 saturated carbocycles. The van der Waals surface area contributed by atoms with Crippen molar-refractivity contribution in [3.63, 3.8) is 0 Å². The molecule has 1 aromatic heterocycles. The van der Waals surface area contributed by atoms with E-state index in [9.17, 15) is 4.39 Å². The predicted octanol–water partition coefficient (Wildman–Crippen LogP) is 2.55. The van der Waals surface area contributed by atoms with E-state index >= 15 is 0 Å². The molecular formula is C14H17FN4. The van der Waals surface area contributed by atoms with Crippen LogP contribution >= 0.6 is 0 Å². The fourth-order valence-corrected chi connectivity index (χ4v) is 1.87. The molecule has 2 aromatic rings. The van der Waals surface area contributed by atoms with Gasteiger partial charge in [0.05, 0.1) is 0 Å². The quantitative estimate of drug-likeness (QED) is 0.571. The molecule has 1 heterocycles. The fraction of sp³-hybridized carbons (Fsp3) is 0.214. The Bertz CT molecular complexity index is 527. The van der Waals surface area contributed by atoms with Crippen molar-refractivity contribution >= 4 is 11.6 Å². The zero-order valence-corrected chi connectivity index (χ0v) is 10.7. The van der Waals surface area contributed by atoms with Gasteiger partial charge in [-0.3, -0.25) is 0 Å². The summed E-state index contributed by atoms with van der Waals surface area (Å²) in [5.41, 5.74) is 3.58. The fourth-order valence-electron chi connectivity index (χ4n) is 1.87. The third-order valence-electron chi connectivity index (χ3n) is 2.75. The maximum atomic E-state index is 12.8. The summed E-state index contributed by atoms with van der Waals surface area (Å²) >= 11 is 0. The lowest BCUT2D eigenvalue weighted by Crippen LogP contribution is -2.19. The van der Waals surface area contributed by atoms with Crippen LogP contribution in [0.15, 0.2) is 42.5 Å². The Kier molecular flexibility index (Phi) is 4.30. The molecular weight excluding hydrogens is 243 g/mol. The van der Waals surface area contributed by atoms with E-state index in [1.807, 2.05) is 19.1 Å². The minimum absolute atomic E-state index is 0.186. The van der Waals surface area contributed by atoms with E-state index in [2.05, 4.69) is 15.7 Å². The average Bonchev–Trinajstić information content (AvgIpc) is 2.41. The number of halogens is 1. The number of hydrogen-bond donors (Lipinski definition) is 3. The summed E-state index contributed by atoms with van der Waals surface area (Å²) in [5, 5.41) is 3.28.